The molecule has 0 unspecified atom stereocenters. The smallest absolute Gasteiger partial charge is 0.261 e. The molecule has 2 N–H and O–H groups in total. The molecule has 3 rings (SSSR count). The fourth-order valence-electron chi connectivity index (χ4n) is 3.37. The lowest BCUT2D eigenvalue weighted by atomic mass is 10.1. The van der Waals surface area contributed by atoms with Crippen LogP contribution in [0.15, 0.2) is 78.9 Å². The van der Waals surface area contributed by atoms with Crippen LogP contribution in [-0.4, -0.2) is 48.7 Å². The molecule has 8 heteroatoms. The molecular formula is C27H29N3O4S. The van der Waals surface area contributed by atoms with Crippen LogP contribution in [0.1, 0.15) is 33.2 Å². The minimum absolute atomic E-state index is 0.0741. The van der Waals surface area contributed by atoms with E-state index in [2.05, 4.69) is 10.6 Å². The second-order valence-electron chi connectivity index (χ2n) is 7.64. The van der Waals surface area contributed by atoms with Gasteiger partial charge in [0, 0.05) is 20.2 Å². The molecule has 3 aromatic rings. The Hall–Kier alpha value is -3.75. The molecular weight excluding hydrogens is 462 g/mol. The van der Waals surface area contributed by atoms with Gasteiger partial charge >= 0.3 is 0 Å². The Morgan fingerprint density at radius 2 is 1.54 bits per heavy atom. The zero-order valence-corrected chi connectivity index (χ0v) is 20.6. The Balaban J connectivity index is 1.65. The number of hydrogen-bond donors (Lipinski definition) is 2. The molecule has 0 atom stereocenters. The maximum Gasteiger partial charge on any atom is 0.261 e. The number of anilines is 1. The maximum absolute atomic E-state index is 13.1. The number of carbonyl (C=O) groups excluding carboxylic acids is 2. The highest BCUT2D eigenvalue weighted by Gasteiger charge is 2.18. The Labute approximate surface area is 211 Å². The molecule has 0 radical (unpaired) electrons. The summed E-state index contributed by atoms with van der Waals surface area (Å²) < 4.78 is 11.0. The first-order chi connectivity index (χ1) is 17.0. The standard InChI is InChI=1S/C27H29N3O4S/c1-3-33-17-18-34-24-16-10-8-14-22(24)25(31)29-27(35)28-23-15-9-7-13-21(23)26(32)30(2)19-20-11-5-4-6-12-20/h4-16H,3,17-19H2,1-2H3,(H2,28,29,31,35). The third-order valence-corrected chi connectivity index (χ3v) is 5.27. The van der Waals surface area contributed by atoms with Crippen LogP contribution >= 0.6 is 12.2 Å². The van der Waals surface area contributed by atoms with E-state index in [1.54, 1.807) is 60.5 Å². The summed E-state index contributed by atoms with van der Waals surface area (Å²) in [6.45, 7) is 3.72. The molecule has 0 saturated heterocycles. The van der Waals surface area contributed by atoms with Crippen LogP contribution in [0.25, 0.3) is 0 Å². The van der Waals surface area contributed by atoms with Crippen LogP contribution in [0, 0.1) is 0 Å². The van der Waals surface area contributed by atoms with Gasteiger partial charge in [-0.15, -0.1) is 0 Å². The molecule has 0 fully saturated rings. The second-order valence-corrected chi connectivity index (χ2v) is 8.05. The van der Waals surface area contributed by atoms with Gasteiger partial charge in [0.2, 0.25) is 0 Å². The molecule has 0 aliphatic rings. The largest absolute Gasteiger partial charge is 0.490 e. The zero-order valence-electron chi connectivity index (χ0n) is 19.8. The number of amides is 2. The van der Waals surface area contributed by atoms with Gasteiger partial charge in [0.25, 0.3) is 11.8 Å². The molecule has 0 aromatic heterocycles. The lowest BCUT2D eigenvalue weighted by Gasteiger charge is -2.20. The van der Waals surface area contributed by atoms with Gasteiger partial charge in [-0.2, -0.15) is 0 Å². The summed E-state index contributed by atoms with van der Waals surface area (Å²) in [6, 6.07) is 23.7. The van der Waals surface area contributed by atoms with E-state index in [0.29, 0.717) is 48.9 Å². The third-order valence-electron chi connectivity index (χ3n) is 5.06. The summed E-state index contributed by atoms with van der Waals surface area (Å²) >= 11 is 5.37. The van der Waals surface area contributed by atoms with E-state index in [0.717, 1.165) is 5.56 Å². The molecule has 0 bridgehead atoms. The van der Waals surface area contributed by atoms with E-state index in [4.69, 9.17) is 21.7 Å². The van der Waals surface area contributed by atoms with Crippen LogP contribution in [0.3, 0.4) is 0 Å². The lowest BCUT2D eigenvalue weighted by molar-refractivity contribution is 0.0786. The molecule has 182 valence electrons. The number of carbonyl (C=O) groups is 2. The van der Waals surface area contributed by atoms with Crippen molar-refractivity contribution in [2.75, 3.05) is 32.2 Å². The lowest BCUT2D eigenvalue weighted by Crippen LogP contribution is -2.35. The highest BCUT2D eigenvalue weighted by Crippen LogP contribution is 2.20. The molecule has 7 nitrogen and oxygen atoms in total. The van der Waals surface area contributed by atoms with Crippen LogP contribution in [0.5, 0.6) is 5.75 Å². The topological polar surface area (TPSA) is 79.9 Å². The van der Waals surface area contributed by atoms with Gasteiger partial charge in [-0.1, -0.05) is 54.6 Å². The third kappa shape index (κ3) is 7.63. The average Bonchev–Trinajstić information content (AvgIpc) is 2.87. The van der Waals surface area contributed by atoms with Gasteiger partial charge < -0.3 is 19.7 Å². The van der Waals surface area contributed by atoms with E-state index in [9.17, 15) is 9.59 Å². The average molecular weight is 492 g/mol. The zero-order chi connectivity index (χ0) is 25.0. The highest BCUT2D eigenvalue weighted by molar-refractivity contribution is 7.80. The fourth-order valence-corrected chi connectivity index (χ4v) is 3.57. The van der Waals surface area contributed by atoms with Crippen LogP contribution in [-0.2, 0) is 11.3 Å². The van der Waals surface area contributed by atoms with E-state index in [1.807, 2.05) is 37.3 Å². The molecule has 0 heterocycles. The van der Waals surface area contributed by atoms with Crippen molar-refractivity contribution in [3.63, 3.8) is 0 Å². The van der Waals surface area contributed by atoms with Crippen LogP contribution in [0.2, 0.25) is 0 Å². The number of nitrogens with zero attached hydrogens (tertiary/aromatic N) is 1. The van der Waals surface area contributed by atoms with Crippen molar-refractivity contribution in [2.24, 2.45) is 0 Å². The van der Waals surface area contributed by atoms with Crippen LogP contribution < -0.4 is 15.4 Å². The van der Waals surface area contributed by atoms with Gasteiger partial charge in [-0.25, -0.2) is 0 Å². The van der Waals surface area contributed by atoms with Crippen molar-refractivity contribution in [3.05, 3.63) is 95.6 Å². The van der Waals surface area contributed by atoms with Crippen molar-refractivity contribution in [1.29, 1.82) is 0 Å². The number of ether oxygens (including phenoxy) is 2. The summed E-state index contributed by atoms with van der Waals surface area (Å²) in [6.07, 6.45) is 0. The Bertz CT molecular complexity index is 1150. The summed E-state index contributed by atoms with van der Waals surface area (Å²) in [5, 5.41) is 5.72. The number of benzene rings is 3. The van der Waals surface area contributed by atoms with Crippen LogP contribution in [0.4, 0.5) is 5.69 Å². The number of thiocarbonyl (C=S) groups is 1. The first kappa shape index (κ1) is 25.9. The second kappa shape index (κ2) is 13.2. The van der Waals surface area contributed by atoms with Crippen molar-refractivity contribution in [1.82, 2.24) is 10.2 Å². The maximum atomic E-state index is 13.1. The molecule has 0 aliphatic carbocycles. The normalized spacial score (nSPS) is 10.3. The minimum atomic E-state index is -0.417. The molecule has 35 heavy (non-hydrogen) atoms. The number of rotatable bonds is 10. The number of para-hydroxylation sites is 2. The molecule has 0 spiro atoms. The first-order valence-electron chi connectivity index (χ1n) is 11.3. The van der Waals surface area contributed by atoms with E-state index in [1.165, 1.54) is 0 Å². The molecule has 3 aromatic carbocycles. The van der Waals surface area contributed by atoms with Gasteiger partial charge in [0.15, 0.2) is 5.11 Å². The van der Waals surface area contributed by atoms with E-state index in [-0.39, 0.29) is 11.0 Å². The Morgan fingerprint density at radius 1 is 0.886 bits per heavy atom. The number of hydrogen-bond acceptors (Lipinski definition) is 5. The molecule has 0 saturated carbocycles. The predicted octanol–water partition coefficient (Wildman–Crippen LogP) is 4.50. The van der Waals surface area contributed by atoms with Crippen molar-refractivity contribution < 1.29 is 19.1 Å². The fraction of sp³-hybridized carbons (Fsp3) is 0.222. The van der Waals surface area contributed by atoms with Crippen molar-refractivity contribution in [3.8, 4) is 5.75 Å². The van der Waals surface area contributed by atoms with E-state index >= 15 is 0 Å². The van der Waals surface area contributed by atoms with Gasteiger partial charge in [0.1, 0.15) is 12.4 Å². The monoisotopic (exact) mass is 491 g/mol. The Kier molecular flexibility index (Phi) is 9.77. The Morgan fingerprint density at radius 3 is 2.29 bits per heavy atom. The summed E-state index contributed by atoms with van der Waals surface area (Å²) in [5.74, 6) is -0.149. The SMILES string of the molecule is CCOCCOc1ccccc1C(=O)NC(=S)Nc1ccccc1C(=O)N(C)Cc1ccccc1. The molecule has 2 amide bonds. The van der Waals surface area contributed by atoms with Crippen molar-refractivity contribution in [2.45, 2.75) is 13.5 Å². The van der Waals surface area contributed by atoms with Gasteiger partial charge in [-0.05, 0) is 49.0 Å². The minimum Gasteiger partial charge on any atom is -0.490 e. The van der Waals surface area contributed by atoms with Crippen molar-refractivity contribution >= 4 is 34.8 Å². The quantitative estimate of drug-likeness (QED) is 0.321. The van der Waals surface area contributed by atoms with E-state index < -0.39 is 5.91 Å². The summed E-state index contributed by atoms with van der Waals surface area (Å²) in [5.41, 5.74) is 2.32. The summed E-state index contributed by atoms with van der Waals surface area (Å²) in [7, 11) is 1.74. The predicted molar refractivity (Wildman–Crippen MR) is 141 cm³/mol. The van der Waals surface area contributed by atoms with Gasteiger partial charge in [0.05, 0.1) is 23.4 Å². The first-order valence-corrected chi connectivity index (χ1v) is 11.7. The highest BCUT2D eigenvalue weighted by atomic mass is 32.1. The number of nitrogens with one attached hydrogen (secondary N) is 2. The molecule has 0 aliphatic heterocycles. The summed E-state index contributed by atoms with van der Waals surface area (Å²) in [4.78, 5) is 27.6. The van der Waals surface area contributed by atoms with Gasteiger partial charge in [-0.3, -0.25) is 14.9 Å².